The van der Waals surface area contributed by atoms with Gasteiger partial charge in [0.05, 0.1) is 53.2 Å². The number of benzene rings is 2. The predicted molar refractivity (Wildman–Crippen MR) is 236 cm³/mol. The molecule has 10 rings (SSSR count). The maximum absolute atomic E-state index is 15.2. The van der Waals surface area contributed by atoms with E-state index >= 15 is 8.78 Å². The topological polar surface area (TPSA) is 175 Å². The molecule has 19 heteroatoms. The molecule has 4 fully saturated rings. The van der Waals surface area contributed by atoms with Gasteiger partial charge in [-0.2, -0.15) is 10.1 Å². The molecular weight excluding hydrogens is 836 g/mol. The molecule has 0 radical (unpaired) electrons. The van der Waals surface area contributed by atoms with E-state index in [9.17, 15) is 19.5 Å². The molecule has 1 aliphatic carbocycles. The number of rotatable bonds is 9. The number of nitrogens with zero attached hydrogens (tertiary/aromatic N) is 8. The summed E-state index contributed by atoms with van der Waals surface area (Å²) in [6.45, 7) is 3.66. The fraction of sp³-hybridized carbons (Fsp3) is 0.500. The van der Waals surface area contributed by atoms with Crippen molar-refractivity contribution in [2.24, 2.45) is 25.9 Å². The van der Waals surface area contributed by atoms with E-state index in [0.29, 0.717) is 78.7 Å². The van der Waals surface area contributed by atoms with Crippen molar-refractivity contribution in [1.29, 1.82) is 0 Å². The molecule has 16 nitrogen and oxygen atoms in total. The molecule has 3 saturated heterocycles. The van der Waals surface area contributed by atoms with Crippen molar-refractivity contribution < 1.29 is 28.2 Å². The molecule has 3 aromatic heterocycles. The monoisotopic (exact) mass is 885 g/mol. The molecule has 0 spiro atoms. The van der Waals surface area contributed by atoms with Gasteiger partial charge in [-0.05, 0) is 80.3 Å². The number of ether oxygens (including phenoxy) is 1. The minimum absolute atomic E-state index is 0.0191. The zero-order valence-electron chi connectivity index (χ0n) is 35.1. The fourth-order valence-electron chi connectivity index (χ4n) is 9.90. The number of piperazine rings is 1. The maximum atomic E-state index is 15.2. The lowest BCUT2D eigenvalue weighted by molar-refractivity contribution is -0.134. The van der Waals surface area contributed by atoms with E-state index in [1.54, 1.807) is 25.2 Å². The van der Waals surface area contributed by atoms with Crippen molar-refractivity contribution in [3.8, 4) is 5.75 Å². The minimum Gasteiger partial charge on any atom is -0.480 e. The third-order valence-electron chi connectivity index (χ3n) is 13.6. The number of aromatic nitrogens is 5. The van der Waals surface area contributed by atoms with Crippen molar-refractivity contribution in [1.82, 2.24) is 34.5 Å². The van der Waals surface area contributed by atoms with Crippen LogP contribution in [0.1, 0.15) is 50.1 Å². The highest BCUT2D eigenvalue weighted by atomic mass is 35.5. The van der Waals surface area contributed by atoms with E-state index in [1.165, 1.54) is 10.8 Å². The van der Waals surface area contributed by atoms with E-state index in [1.807, 2.05) is 17.8 Å². The van der Waals surface area contributed by atoms with Gasteiger partial charge in [0, 0.05) is 81.9 Å². The minimum atomic E-state index is -3.15. The molecule has 2 amide bonds. The second kappa shape index (κ2) is 16.2. The molecular formula is C44H50ClF2N11O5. The number of carbonyl (C=O) groups is 2. The van der Waals surface area contributed by atoms with Crippen LogP contribution in [-0.4, -0.2) is 117 Å². The van der Waals surface area contributed by atoms with Gasteiger partial charge < -0.3 is 34.8 Å². The fourth-order valence-corrected chi connectivity index (χ4v) is 10.0. The Morgan fingerprint density at radius 2 is 1.78 bits per heavy atom. The second-order valence-electron chi connectivity index (χ2n) is 17.7. The third kappa shape index (κ3) is 7.79. The van der Waals surface area contributed by atoms with E-state index in [4.69, 9.17) is 26.4 Å². The number of imide groups is 1. The second-order valence-corrected chi connectivity index (χ2v) is 18.1. The summed E-state index contributed by atoms with van der Waals surface area (Å²) in [6, 6.07) is 10.3. The summed E-state index contributed by atoms with van der Waals surface area (Å²) in [7, 11) is 3.48. The maximum Gasteiger partial charge on any atom is 0.301 e. The van der Waals surface area contributed by atoms with Crippen LogP contribution in [0.3, 0.4) is 0 Å². The van der Waals surface area contributed by atoms with Crippen LogP contribution in [0.5, 0.6) is 5.75 Å². The number of pyridine rings is 1. The SMILES string of the molecule is Cn1nc(C2CCC(=O)NC2=O)c2ccc(N3CCC(CN4CCN(c5ncc(Cl)c(Nc6ccc7c(c6)c6c(c(=O)n7C)OCC(F)(F)[C@H](C7CC7)N6)n5)C[C@@H]4CO)CC3)cc21. The molecule has 1 saturated carbocycles. The highest BCUT2D eigenvalue weighted by Gasteiger charge is 2.51. The summed E-state index contributed by atoms with van der Waals surface area (Å²) >= 11 is 6.64. The molecule has 7 heterocycles. The van der Waals surface area contributed by atoms with Gasteiger partial charge in [-0.3, -0.25) is 29.3 Å². The number of nitrogens with one attached hydrogen (secondary N) is 3. The lowest BCUT2D eigenvalue weighted by Crippen LogP contribution is -2.56. The standard InChI is InChI=1S/C44H50ClF2N11O5/c1-54-33-9-5-26(17-31(33)37-38(42(54)62)63-23-44(46,47)39(51-37)25-3-4-25)49-40-32(45)19-48-43(52-40)58-16-15-57(28(21-58)22-59)20-24-11-13-56(14-12-24)27-6-7-29-34(18-27)55(2)53-36(29)30-8-10-35(60)50-41(30)61/h5-7,9,17-19,24-25,28,30,39,51,59H,3-4,8,10-16,20-23H2,1-2H3,(H,48,49,52)(H,50,60,61)/t28-,30?,39+/m1/s1. The first-order chi connectivity index (χ1) is 30.3. The quantitative estimate of drug-likeness (QED) is 0.150. The highest BCUT2D eigenvalue weighted by Crippen LogP contribution is 2.46. The highest BCUT2D eigenvalue weighted by molar-refractivity contribution is 6.33. The summed E-state index contributed by atoms with van der Waals surface area (Å²) in [5, 5.41) is 25.8. The number of halogens is 3. The van der Waals surface area contributed by atoms with Crippen LogP contribution in [-0.2, 0) is 23.7 Å². The average molecular weight is 886 g/mol. The molecule has 2 aromatic carbocycles. The lowest BCUT2D eigenvalue weighted by atomic mass is 9.92. The van der Waals surface area contributed by atoms with Crippen LogP contribution in [0.2, 0.25) is 5.02 Å². The Morgan fingerprint density at radius 1 is 0.968 bits per heavy atom. The number of carbonyl (C=O) groups excluding carboxylic acids is 2. The number of alkyl halides is 2. The Morgan fingerprint density at radius 3 is 2.54 bits per heavy atom. The molecule has 4 N–H and O–H groups in total. The van der Waals surface area contributed by atoms with Crippen molar-refractivity contribution in [3.05, 3.63) is 63.7 Å². The summed E-state index contributed by atoms with van der Waals surface area (Å²) in [5.74, 6) is -3.17. The van der Waals surface area contributed by atoms with Crippen molar-refractivity contribution in [2.45, 2.75) is 62.4 Å². The summed E-state index contributed by atoms with van der Waals surface area (Å²) in [4.78, 5) is 53.8. The Kier molecular flexibility index (Phi) is 10.6. The number of aliphatic hydroxyl groups is 1. The van der Waals surface area contributed by atoms with E-state index in [2.05, 4.69) is 47.8 Å². The van der Waals surface area contributed by atoms with Crippen molar-refractivity contribution >= 4 is 74.0 Å². The van der Waals surface area contributed by atoms with Gasteiger partial charge in [-0.15, -0.1) is 0 Å². The molecule has 5 aromatic rings. The first-order valence-electron chi connectivity index (χ1n) is 21.7. The van der Waals surface area contributed by atoms with Crippen molar-refractivity contribution in [2.75, 3.05) is 72.9 Å². The summed E-state index contributed by atoms with van der Waals surface area (Å²) in [5.41, 5.74) is 3.67. The zero-order chi connectivity index (χ0) is 43.7. The first kappa shape index (κ1) is 41.4. The van der Waals surface area contributed by atoms with Crippen LogP contribution in [0.15, 0.2) is 47.4 Å². The van der Waals surface area contributed by atoms with E-state index in [-0.39, 0.29) is 46.8 Å². The van der Waals surface area contributed by atoms with Gasteiger partial charge >= 0.3 is 5.92 Å². The van der Waals surface area contributed by atoms with Crippen molar-refractivity contribution in [3.63, 3.8) is 0 Å². The van der Waals surface area contributed by atoms with Crippen LogP contribution < -0.4 is 36.0 Å². The molecule has 332 valence electrons. The summed E-state index contributed by atoms with van der Waals surface area (Å²) < 4.78 is 39.1. The van der Waals surface area contributed by atoms with Gasteiger partial charge in [0.1, 0.15) is 5.02 Å². The van der Waals surface area contributed by atoms with Crippen LogP contribution in [0.4, 0.5) is 37.6 Å². The third-order valence-corrected chi connectivity index (χ3v) is 13.9. The molecule has 1 unspecified atom stereocenters. The number of aryl methyl sites for hydroxylation is 2. The van der Waals surface area contributed by atoms with E-state index in [0.717, 1.165) is 55.6 Å². The molecule has 0 bridgehead atoms. The largest absolute Gasteiger partial charge is 0.480 e. The normalized spacial score (nSPS) is 23.3. The van der Waals surface area contributed by atoms with Crippen LogP contribution in [0, 0.1) is 11.8 Å². The van der Waals surface area contributed by atoms with E-state index < -0.39 is 30.0 Å². The Balaban J connectivity index is 0.788. The summed E-state index contributed by atoms with van der Waals surface area (Å²) in [6.07, 6.45) is 5.69. The number of piperidine rings is 2. The number of hydrogen-bond donors (Lipinski definition) is 4. The Labute approximate surface area is 366 Å². The van der Waals surface area contributed by atoms with Crippen LogP contribution >= 0.6 is 11.6 Å². The van der Waals surface area contributed by atoms with Crippen LogP contribution in [0.25, 0.3) is 21.8 Å². The first-order valence-corrected chi connectivity index (χ1v) is 22.1. The molecule has 3 atom stereocenters. The number of anilines is 5. The lowest BCUT2D eigenvalue weighted by Gasteiger charge is -2.43. The van der Waals surface area contributed by atoms with Gasteiger partial charge in [0.2, 0.25) is 23.5 Å². The van der Waals surface area contributed by atoms with Gasteiger partial charge in [0.15, 0.2) is 12.4 Å². The number of fused-ring (bicyclic) bond motifs is 4. The molecule has 63 heavy (non-hydrogen) atoms. The predicted octanol–water partition coefficient (Wildman–Crippen LogP) is 4.75. The number of aliphatic hydroxyl groups excluding tert-OH is 1. The Bertz CT molecular complexity index is 2680. The number of amides is 2. The Hall–Kier alpha value is -5.59. The molecule has 5 aliphatic rings. The van der Waals surface area contributed by atoms with Gasteiger partial charge in [0.25, 0.3) is 5.56 Å². The number of hydrogen-bond acceptors (Lipinski definition) is 13. The zero-order valence-corrected chi connectivity index (χ0v) is 35.9. The molecule has 4 aliphatic heterocycles. The van der Waals surface area contributed by atoms with Gasteiger partial charge in [-0.1, -0.05) is 11.6 Å². The van der Waals surface area contributed by atoms with Gasteiger partial charge in [-0.25, -0.2) is 13.8 Å². The average Bonchev–Trinajstić information content (AvgIpc) is 4.08. The smallest absolute Gasteiger partial charge is 0.301 e.